The lowest BCUT2D eigenvalue weighted by atomic mass is 9.87. The number of ether oxygens (including phenoxy) is 6. The van der Waals surface area contributed by atoms with E-state index in [1.807, 2.05) is 0 Å². The molecule has 0 bridgehead atoms. The number of carbonyl (C=O) groups is 1. The van der Waals surface area contributed by atoms with Crippen molar-refractivity contribution in [2.24, 2.45) is 23.7 Å². The predicted octanol–water partition coefficient (Wildman–Crippen LogP) is 5.33. The van der Waals surface area contributed by atoms with Crippen LogP contribution in [0.2, 0.25) is 0 Å². The zero-order chi connectivity index (χ0) is 28.2. The van der Waals surface area contributed by atoms with Gasteiger partial charge in [0.05, 0.1) is 32.5 Å². The summed E-state index contributed by atoms with van der Waals surface area (Å²) in [6.45, 7) is 3.99. The lowest BCUT2D eigenvalue weighted by Gasteiger charge is -2.30. The Morgan fingerprint density at radius 3 is 2.58 bits per heavy atom. The highest BCUT2D eigenvalue weighted by Crippen LogP contribution is 2.50. The molecule has 0 radical (unpaired) electrons. The Bertz CT molecular complexity index is 801. The fourth-order valence-electron chi connectivity index (χ4n) is 6.68. The summed E-state index contributed by atoms with van der Waals surface area (Å²) in [6, 6.07) is 0. The van der Waals surface area contributed by atoms with Crippen LogP contribution < -0.4 is 0 Å². The normalized spacial score (nSPS) is 32.1. The van der Waals surface area contributed by atoms with Crippen molar-refractivity contribution in [2.75, 3.05) is 40.1 Å². The van der Waals surface area contributed by atoms with Crippen LogP contribution in [0.1, 0.15) is 84.0 Å². The van der Waals surface area contributed by atoms with E-state index in [4.69, 9.17) is 23.7 Å². The van der Waals surface area contributed by atoms with Gasteiger partial charge in [-0.2, -0.15) is 0 Å². The summed E-state index contributed by atoms with van der Waals surface area (Å²) < 4.78 is 35.2. The number of unbranched alkanes of at least 4 members (excludes halogenated alkanes) is 2. The monoisotopic (exact) mass is 564 g/mol. The summed E-state index contributed by atoms with van der Waals surface area (Å²) in [7, 11) is 1.35. The molecule has 3 unspecified atom stereocenters. The molecule has 0 amide bonds. The number of hydrogen-bond acceptors (Lipinski definition) is 8. The number of rotatable bonds is 16. The molecule has 8 heteroatoms. The summed E-state index contributed by atoms with van der Waals surface area (Å²) in [5.74, 6) is 0.503. The highest BCUT2D eigenvalue weighted by atomic mass is 16.7. The van der Waals surface area contributed by atoms with Gasteiger partial charge in [0.15, 0.2) is 12.6 Å². The van der Waals surface area contributed by atoms with Gasteiger partial charge >= 0.3 is 5.97 Å². The van der Waals surface area contributed by atoms with E-state index < -0.39 is 5.97 Å². The maximum absolute atomic E-state index is 11.5. The lowest BCUT2D eigenvalue weighted by molar-refractivity contribution is -0.193. The minimum Gasteiger partial charge on any atom is -0.467 e. The molecule has 0 aromatic heterocycles. The van der Waals surface area contributed by atoms with Crippen molar-refractivity contribution in [3.63, 3.8) is 0 Å². The minimum absolute atomic E-state index is 0.00245. The van der Waals surface area contributed by atoms with E-state index in [0.717, 1.165) is 77.4 Å². The number of fused-ring (bicyclic) bond motifs is 1. The van der Waals surface area contributed by atoms with Crippen molar-refractivity contribution in [3.05, 3.63) is 23.8 Å². The molecule has 4 rings (SSSR count). The highest BCUT2D eigenvalue weighted by Gasteiger charge is 2.46. The van der Waals surface area contributed by atoms with Crippen LogP contribution in [-0.2, 0) is 33.2 Å². The second-order valence-corrected chi connectivity index (χ2v) is 11.9. The van der Waals surface area contributed by atoms with E-state index in [-0.39, 0.29) is 49.8 Å². The van der Waals surface area contributed by atoms with Crippen molar-refractivity contribution in [1.82, 2.24) is 0 Å². The molecule has 4 aliphatic rings. The Labute approximate surface area is 240 Å². The summed E-state index contributed by atoms with van der Waals surface area (Å²) in [6.07, 6.45) is 19.7. The quantitative estimate of drug-likeness (QED) is 0.153. The maximum Gasteiger partial charge on any atom is 0.331 e. The first-order valence-corrected chi connectivity index (χ1v) is 15.8. The van der Waals surface area contributed by atoms with Gasteiger partial charge in [-0.15, -0.1) is 0 Å². The Balaban J connectivity index is 1.44. The maximum atomic E-state index is 11.5. The summed E-state index contributed by atoms with van der Waals surface area (Å²) in [5, 5.41) is 10.1. The molecule has 0 spiro atoms. The van der Waals surface area contributed by atoms with E-state index in [1.165, 1.54) is 25.5 Å². The zero-order valence-corrected chi connectivity index (χ0v) is 24.7. The molecule has 8 atom stereocenters. The van der Waals surface area contributed by atoms with Crippen molar-refractivity contribution in [1.29, 1.82) is 0 Å². The van der Waals surface area contributed by atoms with Crippen molar-refractivity contribution in [2.45, 2.75) is 109 Å². The van der Waals surface area contributed by atoms with Gasteiger partial charge in [-0.05, 0) is 69.6 Å². The Morgan fingerprint density at radius 2 is 1.90 bits per heavy atom. The lowest BCUT2D eigenvalue weighted by Crippen LogP contribution is -2.31. The van der Waals surface area contributed by atoms with E-state index in [1.54, 1.807) is 0 Å². The predicted molar refractivity (Wildman–Crippen MR) is 151 cm³/mol. The fourth-order valence-corrected chi connectivity index (χ4v) is 6.68. The first kappa shape index (κ1) is 31.6. The first-order valence-electron chi connectivity index (χ1n) is 15.8. The van der Waals surface area contributed by atoms with E-state index >= 15 is 0 Å². The molecule has 40 heavy (non-hydrogen) atoms. The first-order chi connectivity index (χ1) is 19.6. The van der Waals surface area contributed by atoms with Gasteiger partial charge in [-0.25, -0.2) is 4.79 Å². The number of carbonyl (C=O) groups excluding carboxylic acids is 1. The van der Waals surface area contributed by atoms with Crippen molar-refractivity contribution in [3.8, 4) is 0 Å². The van der Waals surface area contributed by atoms with Crippen LogP contribution in [-0.4, -0.2) is 76.0 Å². The Morgan fingerprint density at radius 1 is 1.12 bits per heavy atom. The standard InChI is InChI=1S/C32H52O8/c1-3-4-5-10-26(39-31-11-6-8-15-37-31)13-14-27-28-18-23(25(20-33)21-36-22-30(34)35-2)17-24(28)19-29(27)40-32-12-7-9-16-38-32/h13-14,17,24-29,31-33H,3-12,15-16,18-22H2,1-2H3/b14-13+/t24-,25?,26-,27+,28-,29+,31?,32?/m0/s1. The summed E-state index contributed by atoms with van der Waals surface area (Å²) >= 11 is 0. The molecule has 8 nitrogen and oxygen atoms in total. The molecule has 2 aliphatic heterocycles. The van der Waals surface area contributed by atoms with Crippen LogP contribution in [0.3, 0.4) is 0 Å². The van der Waals surface area contributed by atoms with Gasteiger partial charge in [0.1, 0.15) is 6.61 Å². The van der Waals surface area contributed by atoms with Gasteiger partial charge in [0.2, 0.25) is 0 Å². The van der Waals surface area contributed by atoms with Crippen LogP contribution in [0.5, 0.6) is 0 Å². The van der Waals surface area contributed by atoms with Crippen LogP contribution in [0.25, 0.3) is 0 Å². The Hall–Kier alpha value is -1.29. The number of allylic oxidation sites excluding steroid dienone is 1. The van der Waals surface area contributed by atoms with Crippen molar-refractivity contribution < 1.29 is 38.3 Å². The fraction of sp³-hybridized carbons (Fsp3) is 0.844. The molecule has 2 saturated heterocycles. The molecule has 1 saturated carbocycles. The second-order valence-electron chi connectivity index (χ2n) is 11.9. The van der Waals surface area contributed by atoms with Gasteiger partial charge in [-0.1, -0.05) is 50.0 Å². The van der Waals surface area contributed by atoms with E-state index in [9.17, 15) is 9.90 Å². The molecular formula is C32H52O8. The average molecular weight is 565 g/mol. The number of esters is 1. The number of aliphatic hydroxyl groups excluding tert-OH is 1. The largest absolute Gasteiger partial charge is 0.467 e. The van der Waals surface area contributed by atoms with Gasteiger partial charge in [0.25, 0.3) is 0 Å². The molecule has 3 fully saturated rings. The van der Waals surface area contributed by atoms with Crippen molar-refractivity contribution >= 4 is 5.97 Å². The van der Waals surface area contributed by atoms with Gasteiger partial charge < -0.3 is 33.5 Å². The molecular weight excluding hydrogens is 512 g/mol. The van der Waals surface area contributed by atoms with Gasteiger partial charge in [-0.3, -0.25) is 0 Å². The number of aliphatic hydroxyl groups is 1. The highest BCUT2D eigenvalue weighted by molar-refractivity contribution is 5.70. The SMILES string of the molecule is CCCCC[C@@H](/C=C/[C@@H]1[C@H]2CC(C(CO)COCC(=O)OC)=C[C@H]2C[C@H]1OC1CCCCO1)OC1CCCCO1. The molecule has 0 aromatic carbocycles. The molecule has 2 heterocycles. The third-order valence-electron chi connectivity index (χ3n) is 8.96. The second kappa shape index (κ2) is 17.0. The summed E-state index contributed by atoms with van der Waals surface area (Å²) in [5.41, 5.74) is 1.22. The topological polar surface area (TPSA) is 92.7 Å². The van der Waals surface area contributed by atoms with Crippen LogP contribution in [0.4, 0.5) is 0 Å². The summed E-state index contributed by atoms with van der Waals surface area (Å²) in [4.78, 5) is 11.5. The number of methoxy groups -OCH3 is 1. The molecule has 228 valence electrons. The zero-order valence-electron chi connectivity index (χ0n) is 24.7. The third-order valence-corrected chi connectivity index (χ3v) is 8.96. The Kier molecular flexibility index (Phi) is 13.4. The van der Waals surface area contributed by atoms with Crippen LogP contribution in [0, 0.1) is 23.7 Å². The molecule has 0 aromatic rings. The van der Waals surface area contributed by atoms with Crippen LogP contribution in [0.15, 0.2) is 23.8 Å². The van der Waals surface area contributed by atoms with E-state index in [2.05, 4.69) is 29.9 Å². The molecule has 1 N–H and O–H groups in total. The van der Waals surface area contributed by atoms with Gasteiger partial charge in [0, 0.05) is 25.0 Å². The smallest absolute Gasteiger partial charge is 0.331 e. The minimum atomic E-state index is -0.404. The van der Waals surface area contributed by atoms with E-state index in [0.29, 0.717) is 18.4 Å². The average Bonchev–Trinajstić information content (AvgIpc) is 3.52. The number of hydrogen-bond donors (Lipinski definition) is 1. The third kappa shape index (κ3) is 9.36. The van der Waals surface area contributed by atoms with Crippen LogP contribution >= 0.6 is 0 Å². The molecule has 2 aliphatic carbocycles.